The standard InChI is InChI=1S/C27H26Cl2FN3O5/c1-4-32-26(36)22(13-37-32)33(24(34)15-5-6-15)25(35)18-8-7-16(9-14(18)2)21-12-27(3,38-31-21)17-10-19(28)23(30)20(29)11-17/h7-11,15,22H,4-6,12-13H2,1-3H3/t22-,27?/m1/s1. The molecule has 2 heterocycles. The van der Waals surface area contributed by atoms with E-state index in [1.165, 1.54) is 17.2 Å². The average molecular weight is 562 g/mol. The monoisotopic (exact) mass is 561 g/mol. The van der Waals surface area contributed by atoms with Crippen LogP contribution in [-0.2, 0) is 24.9 Å². The Morgan fingerprint density at radius 3 is 2.47 bits per heavy atom. The van der Waals surface area contributed by atoms with Crippen molar-refractivity contribution in [2.45, 2.75) is 51.7 Å². The summed E-state index contributed by atoms with van der Waals surface area (Å²) >= 11 is 12.0. The van der Waals surface area contributed by atoms with E-state index >= 15 is 0 Å². The summed E-state index contributed by atoms with van der Waals surface area (Å²) in [4.78, 5) is 51.8. The van der Waals surface area contributed by atoms with Gasteiger partial charge in [0, 0.05) is 30.0 Å². The minimum Gasteiger partial charge on any atom is -0.384 e. The van der Waals surface area contributed by atoms with Gasteiger partial charge in [-0.3, -0.25) is 24.1 Å². The molecule has 2 aromatic carbocycles. The summed E-state index contributed by atoms with van der Waals surface area (Å²) in [6.07, 6.45) is 1.75. The van der Waals surface area contributed by atoms with E-state index in [9.17, 15) is 18.8 Å². The molecule has 0 N–H and O–H groups in total. The summed E-state index contributed by atoms with van der Waals surface area (Å²) < 4.78 is 13.9. The highest BCUT2D eigenvalue weighted by Crippen LogP contribution is 2.40. The summed E-state index contributed by atoms with van der Waals surface area (Å²) in [5.74, 6) is -2.23. The SMILES string of the molecule is CCN1OC[C@@H](N(C(=O)c2ccc(C3=NOC(C)(c4cc(Cl)c(F)c(Cl)c4)C3)cc2C)C(=O)C2CC2)C1=O. The minimum absolute atomic E-state index is 0.0574. The fourth-order valence-corrected chi connectivity index (χ4v) is 5.23. The van der Waals surface area contributed by atoms with Crippen molar-refractivity contribution in [3.05, 3.63) is 68.4 Å². The first-order valence-corrected chi connectivity index (χ1v) is 13.1. The highest BCUT2D eigenvalue weighted by atomic mass is 35.5. The Morgan fingerprint density at radius 1 is 1.21 bits per heavy atom. The molecule has 2 aromatic rings. The third-order valence-electron chi connectivity index (χ3n) is 7.15. The van der Waals surface area contributed by atoms with Crippen molar-refractivity contribution in [3.63, 3.8) is 0 Å². The summed E-state index contributed by atoms with van der Waals surface area (Å²) in [5, 5.41) is 5.20. The minimum atomic E-state index is -0.989. The third-order valence-corrected chi connectivity index (χ3v) is 7.70. The Labute approximate surface area is 229 Å². The van der Waals surface area contributed by atoms with Gasteiger partial charge in [0.1, 0.15) is 12.6 Å². The van der Waals surface area contributed by atoms with E-state index < -0.39 is 29.3 Å². The quantitative estimate of drug-likeness (QED) is 0.365. The lowest BCUT2D eigenvalue weighted by molar-refractivity contribution is -0.160. The van der Waals surface area contributed by atoms with Crippen LogP contribution in [0.5, 0.6) is 0 Å². The first kappa shape index (κ1) is 26.6. The highest BCUT2D eigenvalue weighted by Gasteiger charge is 2.47. The van der Waals surface area contributed by atoms with Crippen LogP contribution in [0.15, 0.2) is 35.5 Å². The van der Waals surface area contributed by atoms with Gasteiger partial charge < -0.3 is 4.84 Å². The molecule has 1 saturated carbocycles. The average Bonchev–Trinajstić information content (AvgIpc) is 3.57. The van der Waals surface area contributed by atoms with E-state index in [2.05, 4.69) is 5.16 Å². The number of oxime groups is 1. The number of hydrogen-bond donors (Lipinski definition) is 0. The molecular formula is C27H26Cl2FN3O5. The zero-order chi connectivity index (χ0) is 27.4. The van der Waals surface area contributed by atoms with Crippen molar-refractivity contribution in [2.24, 2.45) is 11.1 Å². The Morgan fingerprint density at radius 2 is 1.89 bits per heavy atom. The van der Waals surface area contributed by atoms with Crippen molar-refractivity contribution >= 4 is 46.6 Å². The number of aryl methyl sites for hydroxylation is 1. The number of benzene rings is 2. The predicted molar refractivity (Wildman–Crippen MR) is 138 cm³/mol. The van der Waals surface area contributed by atoms with Crippen LogP contribution in [0.4, 0.5) is 4.39 Å². The molecule has 2 atom stereocenters. The molecule has 11 heteroatoms. The molecular weight excluding hydrogens is 536 g/mol. The van der Waals surface area contributed by atoms with Crippen LogP contribution in [0.3, 0.4) is 0 Å². The van der Waals surface area contributed by atoms with E-state index in [-0.39, 0.29) is 28.5 Å². The number of imide groups is 1. The molecule has 0 bridgehead atoms. The molecule has 0 radical (unpaired) electrons. The molecule has 38 heavy (non-hydrogen) atoms. The van der Waals surface area contributed by atoms with E-state index in [4.69, 9.17) is 32.9 Å². The van der Waals surface area contributed by atoms with Gasteiger partial charge >= 0.3 is 0 Å². The van der Waals surface area contributed by atoms with Gasteiger partial charge in [0.2, 0.25) is 5.91 Å². The number of amides is 3. The number of carbonyl (C=O) groups is 3. The molecule has 2 fully saturated rings. The number of hydrogen-bond acceptors (Lipinski definition) is 6. The topological polar surface area (TPSA) is 88.5 Å². The molecule has 1 saturated heterocycles. The fourth-order valence-electron chi connectivity index (χ4n) is 4.74. The summed E-state index contributed by atoms with van der Waals surface area (Å²) in [7, 11) is 0. The second-order valence-electron chi connectivity index (χ2n) is 9.95. The van der Waals surface area contributed by atoms with Crippen LogP contribution in [0.1, 0.15) is 60.2 Å². The lowest BCUT2D eigenvalue weighted by Crippen LogP contribution is -2.50. The summed E-state index contributed by atoms with van der Waals surface area (Å²) in [5.41, 5.74) is 1.93. The molecule has 1 aliphatic carbocycles. The molecule has 2 aliphatic heterocycles. The number of halogens is 3. The molecule has 3 amide bonds. The van der Waals surface area contributed by atoms with Crippen LogP contribution >= 0.6 is 23.2 Å². The molecule has 3 aliphatic rings. The van der Waals surface area contributed by atoms with Crippen LogP contribution in [0, 0.1) is 18.7 Å². The van der Waals surface area contributed by atoms with Gasteiger partial charge in [-0.2, -0.15) is 0 Å². The summed E-state index contributed by atoms with van der Waals surface area (Å²) in [6, 6.07) is 7.08. The zero-order valence-corrected chi connectivity index (χ0v) is 22.6. The Hall–Kier alpha value is -3.01. The van der Waals surface area contributed by atoms with Gasteiger partial charge in [-0.15, -0.1) is 0 Å². The Bertz CT molecular complexity index is 1360. The van der Waals surface area contributed by atoms with Crippen LogP contribution in [-0.4, -0.2) is 52.6 Å². The molecule has 5 rings (SSSR count). The van der Waals surface area contributed by atoms with Gasteiger partial charge in [-0.25, -0.2) is 9.45 Å². The van der Waals surface area contributed by atoms with E-state index in [1.807, 2.05) is 0 Å². The van der Waals surface area contributed by atoms with Crippen LogP contribution in [0.2, 0.25) is 10.0 Å². The first-order chi connectivity index (χ1) is 18.0. The number of rotatable bonds is 6. The van der Waals surface area contributed by atoms with Crippen LogP contribution < -0.4 is 0 Å². The van der Waals surface area contributed by atoms with Gasteiger partial charge in [-0.1, -0.05) is 34.4 Å². The highest BCUT2D eigenvalue weighted by molar-refractivity contribution is 6.35. The molecule has 1 unspecified atom stereocenters. The second kappa shape index (κ2) is 9.94. The van der Waals surface area contributed by atoms with Crippen molar-refractivity contribution in [3.8, 4) is 0 Å². The maximum Gasteiger partial charge on any atom is 0.271 e. The van der Waals surface area contributed by atoms with Crippen molar-refractivity contribution < 1.29 is 28.4 Å². The number of nitrogens with zero attached hydrogens (tertiary/aromatic N) is 3. The van der Waals surface area contributed by atoms with Crippen molar-refractivity contribution in [1.29, 1.82) is 0 Å². The molecule has 0 aromatic heterocycles. The third kappa shape index (κ3) is 4.67. The van der Waals surface area contributed by atoms with Gasteiger partial charge in [0.25, 0.3) is 11.8 Å². The summed E-state index contributed by atoms with van der Waals surface area (Å²) in [6.45, 7) is 5.59. The van der Waals surface area contributed by atoms with Crippen molar-refractivity contribution in [2.75, 3.05) is 13.2 Å². The van der Waals surface area contributed by atoms with Gasteiger partial charge in [0.05, 0.1) is 15.8 Å². The van der Waals surface area contributed by atoms with E-state index in [0.29, 0.717) is 48.2 Å². The maximum atomic E-state index is 13.9. The lowest BCUT2D eigenvalue weighted by Gasteiger charge is -2.26. The Kier molecular flexibility index (Phi) is 6.96. The van der Waals surface area contributed by atoms with Gasteiger partial charge in [0.15, 0.2) is 11.4 Å². The smallest absolute Gasteiger partial charge is 0.271 e. The fraction of sp³-hybridized carbons (Fsp3) is 0.407. The largest absolute Gasteiger partial charge is 0.384 e. The molecule has 200 valence electrons. The number of carbonyl (C=O) groups excluding carboxylic acids is 3. The predicted octanol–water partition coefficient (Wildman–Crippen LogP) is 5.02. The maximum absolute atomic E-state index is 13.9. The molecule has 8 nitrogen and oxygen atoms in total. The van der Waals surface area contributed by atoms with Crippen molar-refractivity contribution in [1.82, 2.24) is 9.96 Å². The van der Waals surface area contributed by atoms with E-state index in [0.717, 1.165) is 10.5 Å². The van der Waals surface area contributed by atoms with Gasteiger partial charge in [-0.05, 0) is 69.0 Å². The second-order valence-corrected chi connectivity index (χ2v) is 10.8. The zero-order valence-electron chi connectivity index (χ0n) is 21.1. The normalized spacial score (nSPS) is 22.9. The Balaban J connectivity index is 1.39. The van der Waals surface area contributed by atoms with E-state index in [1.54, 1.807) is 39.0 Å². The van der Waals surface area contributed by atoms with Crippen LogP contribution in [0.25, 0.3) is 0 Å². The lowest BCUT2D eigenvalue weighted by atomic mass is 9.88. The first-order valence-electron chi connectivity index (χ1n) is 12.4. The molecule has 0 spiro atoms. The number of hydroxylamine groups is 2. The number of likely N-dealkylation sites (N-methyl/N-ethyl adjacent to an activating group) is 1.